The Hall–Kier alpha value is -0.910. The first-order chi connectivity index (χ1) is 7.60. The number of ether oxygens (including phenoxy) is 2. The van der Waals surface area contributed by atoms with Crippen molar-refractivity contribution in [3.05, 3.63) is 11.6 Å². The van der Waals surface area contributed by atoms with Crippen LogP contribution >= 0.6 is 0 Å². The van der Waals surface area contributed by atoms with Crippen LogP contribution in [0.3, 0.4) is 0 Å². The Kier molecular flexibility index (Phi) is 8.80. The molecule has 94 valence electrons. The molecule has 0 bridgehead atoms. The summed E-state index contributed by atoms with van der Waals surface area (Å²) in [7, 11) is 3.29. The van der Waals surface area contributed by atoms with Crippen LogP contribution in [0.2, 0.25) is 0 Å². The Balaban J connectivity index is 4.12. The van der Waals surface area contributed by atoms with Gasteiger partial charge >= 0.3 is 5.97 Å². The Bertz CT molecular complexity index is 220. The molecule has 0 unspecified atom stereocenters. The van der Waals surface area contributed by atoms with Gasteiger partial charge in [0, 0.05) is 39.9 Å². The Labute approximate surface area is 96.6 Å². The van der Waals surface area contributed by atoms with E-state index in [1.54, 1.807) is 21.1 Å². The molecule has 0 aliphatic rings. The first-order valence-electron chi connectivity index (χ1n) is 5.20. The summed E-state index contributed by atoms with van der Waals surface area (Å²) in [5.74, 6) is -0.907. The van der Waals surface area contributed by atoms with Gasteiger partial charge in [0.05, 0.1) is 13.2 Å². The Morgan fingerprint density at radius 2 is 1.75 bits per heavy atom. The molecule has 0 aromatic rings. The maximum atomic E-state index is 10.5. The van der Waals surface area contributed by atoms with Crippen molar-refractivity contribution in [3.63, 3.8) is 0 Å². The number of carboxylic acid groups (broad SMARTS) is 1. The van der Waals surface area contributed by atoms with E-state index in [2.05, 4.69) is 4.90 Å². The van der Waals surface area contributed by atoms with Crippen LogP contribution in [-0.2, 0) is 14.3 Å². The molecule has 5 nitrogen and oxygen atoms in total. The van der Waals surface area contributed by atoms with Crippen molar-refractivity contribution in [2.45, 2.75) is 6.92 Å². The highest BCUT2D eigenvalue weighted by Gasteiger charge is 2.05. The first kappa shape index (κ1) is 15.1. The molecular formula is C11H21NO4. The van der Waals surface area contributed by atoms with E-state index in [4.69, 9.17) is 14.6 Å². The van der Waals surface area contributed by atoms with E-state index < -0.39 is 5.97 Å². The zero-order chi connectivity index (χ0) is 12.4. The Morgan fingerprint density at radius 1 is 1.25 bits per heavy atom. The van der Waals surface area contributed by atoms with Gasteiger partial charge in [0.2, 0.25) is 0 Å². The average Bonchev–Trinajstić information content (AvgIpc) is 2.20. The van der Waals surface area contributed by atoms with Crippen LogP contribution in [0.25, 0.3) is 0 Å². The third-order valence-electron chi connectivity index (χ3n) is 2.07. The van der Waals surface area contributed by atoms with E-state index in [9.17, 15) is 4.79 Å². The molecule has 0 saturated heterocycles. The minimum atomic E-state index is -0.907. The van der Waals surface area contributed by atoms with Crippen LogP contribution in [0.1, 0.15) is 6.92 Å². The van der Waals surface area contributed by atoms with E-state index in [1.165, 1.54) is 6.08 Å². The van der Waals surface area contributed by atoms with E-state index >= 15 is 0 Å². The molecule has 5 heteroatoms. The quantitative estimate of drug-likeness (QED) is 0.589. The molecule has 16 heavy (non-hydrogen) atoms. The van der Waals surface area contributed by atoms with Gasteiger partial charge in [-0.2, -0.15) is 0 Å². The smallest absolute Gasteiger partial charge is 0.328 e. The summed E-state index contributed by atoms with van der Waals surface area (Å²) in [6.07, 6.45) is 1.23. The lowest BCUT2D eigenvalue weighted by Gasteiger charge is -2.21. The molecule has 0 aliphatic carbocycles. The van der Waals surface area contributed by atoms with Crippen molar-refractivity contribution in [3.8, 4) is 0 Å². The van der Waals surface area contributed by atoms with E-state index in [0.717, 1.165) is 18.7 Å². The largest absolute Gasteiger partial charge is 0.478 e. The van der Waals surface area contributed by atoms with Crippen molar-refractivity contribution >= 4 is 5.97 Å². The minimum Gasteiger partial charge on any atom is -0.478 e. The standard InChI is InChI=1S/C11H21NO4/c1-10(8-11(13)14)9-12(4-6-15-2)5-7-16-3/h8H,4-7,9H2,1-3H3,(H,13,14). The lowest BCUT2D eigenvalue weighted by Crippen LogP contribution is -2.32. The lowest BCUT2D eigenvalue weighted by molar-refractivity contribution is -0.131. The van der Waals surface area contributed by atoms with Gasteiger partial charge in [0.1, 0.15) is 0 Å². The molecule has 0 aliphatic heterocycles. The summed E-state index contributed by atoms with van der Waals surface area (Å²) >= 11 is 0. The third kappa shape index (κ3) is 8.40. The number of carbonyl (C=O) groups is 1. The summed E-state index contributed by atoms with van der Waals surface area (Å²) in [5.41, 5.74) is 0.819. The third-order valence-corrected chi connectivity index (χ3v) is 2.07. The molecule has 0 aromatic carbocycles. The average molecular weight is 231 g/mol. The summed E-state index contributed by atoms with van der Waals surface area (Å²) in [4.78, 5) is 12.6. The zero-order valence-corrected chi connectivity index (χ0v) is 10.2. The maximum absolute atomic E-state index is 10.5. The summed E-state index contributed by atoms with van der Waals surface area (Å²) < 4.78 is 9.99. The van der Waals surface area contributed by atoms with Gasteiger partial charge in [0.25, 0.3) is 0 Å². The summed E-state index contributed by atoms with van der Waals surface area (Å²) in [5, 5.41) is 8.60. The number of carboxylic acids is 1. The molecule has 1 N–H and O–H groups in total. The van der Waals surface area contributed by atoms with Gasteiger partial charge in [-0.3, -0.25) is 4.90 Å². The number of nitrogens with zero attached hydrogens (tertiary/aromatic N) is 1. The van der Waals surface area contributed by atoms with Crippen LogP contribution in [0, 0.1) is 0 Å². The van der Waals surface area contributed by atoms with Crippen LogP contribution in [0.4, 0.5) is 0 Å². The second-order valence-corrected chi connectivity index (χ2v) is 3.59. The van der Waals surface area contributed by atoms with E-state index in [0.29, 0.717) is 19.8 Å². The fraction of sp³-hybridized carbons (Fsp3) is 0.727. The highest BCUT2D eigenvalue weighted by molar-refractivity contribution is 5.80. The monoisotopic (exact) mass is 231 g/mol. The van der Waals surface area contributed by atoms with E-state index in [1.807, 2.05) is 0 Å². The maximum Gasteiger partial charge on any atom is 0.328 e. The van der Waals surface area contributed by atoms with Gasteiger partial charge < -0.3 is 14.6 Å². The predicted molar refractivity (Wildman–Crippen MR) is 61.6 cm³/mol. The molecule has 0 spiro atoms. The number of rotatable bonds is 9. The topological polar surface area (TPSA) is 59.0 Å². The number of hydrogen-bond acceptors (Lipinski definition) is 4. The fourth-order valence-corrected chi connectivity index (χ4v) is 1.32. The predicted octanol–water partition coefficient (Wildman–Crippen LogP) is 0.612. The number of hydrogen-bond donors (Lipinski definition) is 1. The van der Waals surface area contributed by atoms with Crippen molar-refractivity contribution in [1.29, 1.82) is 0 Å². The second kappa shape index (κ2) is 9.33. The normalized spacial score (nSPS) is 12.1. The molecule has 0 radical (unpaired) electrons. The molecule has 0 rings (SSSR count). The van der Waals surface area contributed by atoms with Crippen LogP contribution in [-0.4, -0.2) is 63.0 Å². The minimum absolute atomic E-state index is 0.624. The summed E-state index contributed by atoms with van der Waals surface area (Å²) in [6, 6.07) is 0. The van der Waals surface area contributed by atoms with Crippen LogP contribution in [0.15, 0.2) is 11.6 Å². The molecule has 0 heterocycles. The van der Waals surface area contributed by atoms with Crippen LogP contribution in [0.5, 0.6) is 0 Å². The van der Waals surface area contributed by atoms with Crippen molar-refractivity contribution in [1.82, 2.24) is 4.90 Å². The molecular weight excluding hydrogens is 210 g/mol. The first-order valence-corrected chi connectivity index (χ1v) is 5.20. The van der Waals surface area contributed by atoms with Gasteiger partial charge in [-0.25, -0.2) is 4.79 Å². The zero-order valence-electron chi connectivity index (χ0n) is 10.2. The number of methoxy groups -OCH3 is 2. The van der Waals surface area contributed by atoms with Gasteiger partial charge in [-0.15, -0.1) is 0 Å². The van der Waals surface area contributed by atoms with Gasteiger partial charge in [-0.1, -0.05) is 5.57 Å². The second-order valence-electron chi connectivity index (χ2n) is 3.59. The summed E-state index contributed by atoms with van der Waals surface area (Å²) in [6.45, 7) is 5.23. The van der Waals surface area contributed by atoms with E-state index in [-0.39, 0.29) is 0 Å². The molecule has 0 amide bonds. The van der Waals surface area contributed by atoms with Gasteiger partial charge in [0.15, 0.2) is 0 Å². The fourth-order valence-electron chi connectivity index (χ4n) is 1.32. The highest BCUT2D eigenvalue weighted by Crippen LogP contribution is 1.98. The number of aliphatic carboxylic acids is 1. The van der Waals surface area contributed by atoms with Crippen molar-refractivity contribution in [2.24, 2.45) is 0 Å². The van der Waals surface area contributed by atoms with Crippen molar-refractivity contribution in [2.75, 3.05) is 47.1 Å². The lowest BCUT2D eigenvalue weighted by atomic mass is 10.2. The van der Waals surface area contributed by atoms with Crippen LogP contribution < -0.4 is 0 Å². The molecule has 0 atom stereocenters. The molecule has 0 saturated carbocycles. The SMILES string of the molecule is COCCN(CCOC)CC(C)=CC(=O)O. The Morgan fingerprint density at radius 3 is 2.12 bits per heavy atom. The van der Waals surface area contributed by atoms with Gasteiger partial charge in [-0.05, 0) is 6.92 Å². The molecule has 0 fully saturated rings. The highest BCUT2D eigenvalue weighted by atomic mass is 16.5. The molecule has 0 aromatic heterocycles. The van der Waals surface area contributed by atoms with Crippen molar-refractivity contribution < 1.29 is 19.4 Å².